The van der Waals surface area contributed by atoms with Crippen molar-refractivity contribution in [3.63, 3.8) is 0 Å². The van der Waals surface area contributed by atoms with Crippen LogP contribution in [0.2, 0.25) is 0 Å². The Bertz CT molecular complexity index is 376. The number of nitrogens with two attached hydrogens (primary N) is 1. The second-order valence-electron chi connectivity index (χ2n) is 3.03. The molecule has 0 bridgehead atoms. The molecule has 0 aliphatic rings. The fourth-order valence-electron chi connectivity index (χ4n) is 1.14. The Balaban J connectivity index is 2.56. The fourth-order valence-corrected chi connectivity index (χ4v) is 1.14. The number of hydrogen-bond donors (Lipinski definition) is 2. The Morgan fingerprint density at radius 1 is 1.47 bits per heavy atom. The van der Waals surface area contributed by atoms with Gasteiger partial charge in [0.1, 0.15) is 6.04 Å². The van der Waals surface area contributed by atoms with Crippen LogP contribution in [0.25, 0.3) is 0 Å². The molecule has 0 spiro atoms. The summed E-state index contributed by atoms with van der Waals surface area (Å²) in [6.07, 6.45) is 0. The molecule has 1 aromatic carbocycles. The van der Waals surface area contributed by atoms with E-state index in [1.165, 1.54) is 0 Å². The highest BCUT2D eigenvalue weighted by Crippen LogP contribution is 2.08. The number of rotatable bonds is 3. The van der Waals surface area contributed by atoms with Crippen molar-refractivity contribution < 1.29 is 4.79 Å². The van der Waals surface area contributed by atoms with Crippen LogP contribution in [-0.4, -0.2) is 12.5 Å². The summed E-state index contributed by atoms with van der Waals surface area (Å²) in [5, 5.41) is 2.64. The minimum atomic E-state index is -0.621. The summed E-state index contributed by atoms with van der Waals surface area (Å²) < 4.78 is 0. The molecule has 78 valence electrons. The third-order valence-electron chi connectivity index (χ3n) is 1.97. The lowest BCUT2D eigenvalue weighted by molar-refractivity contribution is -0.122. The van der Waals surface area contributed by atoms with E-state index in [4.69, 9.17) is 5.73 Å². The Kier molecular flexibility index (Phi) is 4.39. The normalized spacial score (nSPS) is 11.1. The van der Waals surface area contributed by atoms with E-state index in [2.05, 4.69) is 17.2 Å². The smallest absolute Gasteiger partial charge is 0.242 e. The van der Waals surface area contributed by atoms with Gasteiger partial charge in [0.25, 0.3) is 0 Å². The maximum atomic E-state index is 11.5. The van der Waals surface area contributed by atoms with Gasteiger partial charge in [0.2, 0.25) is 5.91 Å². The molecule has 0 saturated heterocycles. The molecule has 0 radical (unpaired) electrons. The molecule has 3 nitrogen and oxygen atoms in total. The van der Waals surface area contributed by atoms with Crippen LogP contribution in [0, 0.1) is 11.8 Å². The molecule has 1 aromatic rings. The van der Waals surface area contributed by atoms with Gasteiger partial charge < -0.3 is 11.1 Å². The summed E-state index contributed by atoms with van der Waals surface area (Å²) >= 11 is 0. The molecule has 1 atom stereocenters. The highest BCUT2D eigenvalue weighted by Gasteiger charge is 2.13. The zero-order valence-electron chi connectivity index (χ0n) is 8.66. The highest BCUT2D eigenvalue weighted by molar-refractivity contribution is 5.83. The molecule has 0 aromatic heterocycles. The monoisotopic (exact) mass is 202 g/mol. The lowest BCUT2D eigenvalue weighted by atomic mass is 10.1. The predicted octanol–water partition coefficient (Wildman–Crippen LogP) is 0.826. The first-order valence-corrected chi connectivity index (χ1v) is 4.73. The number of carbonyl (C=O) groups excluding carboxylic acids is 1. The first-order chi connectivity index (χ1) is 7.25. The van der Waals surface area contributed by atoms with Crippen molar-refractivity contribution in [1.82, 2.24) is 5.32 Å². The molecular formula is C12H14N2O. The quantitative estimate of drug-likeness (QED) is 0.713. The second-order valence-corrected chi connectivity index (χ2v) is 3.03. The summed E-state index contributed by atoms with van der Waals surface area (Å²) in [6, 6.07) is 8.63. The summed E-state index contributed by atoms with van der Waals surface area (Å²) in [6.45, 7) is 2.07. The van der Waals surface area contributed by atoms with Gasteiger partial charge in [-0.05, 0) is 12.5 Å². The van der Waals surface area contributed by atoms with Crippen molar-refractivity contribution in [1.29, 1.82) is 0 Å². The van der Waals surface area contributed by atoms with Crippen molar-refractivity contribution in [2.24, 2.45) is 5.73 Å². The molecule has 0 saturated carbocycles. The molecule has 0 aliphatic carbocycles. The van der Waals surface area contributed by atoms with Crippen LogP contribution >= 0.6 is 0 Å². The Hall–Kier alpha value is -1.79. The summed E-state index contributed by atoms with van der Waals surface area (Å²) in [7, 11) is 0. The number of benzene rings is 1. The highest BCUT2D eigenvalue weighted by atomic mass is 16.2. The van der Waals surface area contributed by atoms with Crippen LogP contribution in [0.4, 0.5) is 0 Å². The van der Waals surface area contributed by atoms with E-state index < -0.39 is 6.04 Å². The first-order valence-electron chi connectivity index (χ1n) is 4.73. The van der Waals surface area contributed by atoms with Gasteiger partial charge in [0, 0.05) is 0 Å². The van der Waals surface area contributed by atoms with Crippen molar-refractivity contribution in [3.05, 3.63) is 35.9 Å². The van der Waals surface area contributed by atoms with Gasteiger partial charge >= 0.3 is 0 Å². The van der Waals surface area contributed by atoms with Gasteiger partial charge in [-0.25, -0.2) is 0 Å². The van der Waals surface area contributed by atoms with Gasteiger partial charge in [0.15, 0.2) is 0 Å². The molecule has 0 unspecified atom stereocenters. The minimum absolute atomic E-state index is 0.205. The maximum Gasteiger partial charge on any atom is 0.242 e. The average molecular weight is 202 g/mol. The van der Waals surface area contributed by atoms with Crippen LogP contribution in [0.5, 0.6) is 0 Å². The molecular weight excluding hydrogens is 188 g/mol. The molecule has 0 fully saturated rings. The summed E-state index contributed by atoms with van der Waals surface area (Å²) in [5.41, 5.74) is 6.57. The van der Waals surface area contributed by atoms with E-state index in [0.29, 0.717) is 6.54 Å². The van der Waals surface area contributed by atoms with Crippen LogP contribution in [0.3, 0.4) is 0 Å². The summed E-state index contributed by atoms with van der Waals surface area (Å²) in [4.78, 5) is 11.5. The second kappa shape index (κ2) is 5.84. The maximum absolute atomic E-state index is 11.5. The van der Waals surface area contributed by atoms with E-state index >= 15 is 0 Å². The molecule has 1 amide bonds. The molecule has 0 aliphatic heterocycles. The number of amides is 1. The first kappa shape index (κ1) is 11.3. The number of hydrogen-bond acceptors (Lipinski definition) is 2. The predicted molar refractivity (Wildman–Crippen MR) is 59.8 cm³/mol. The van der Waals surface area contributed by atoms with Crippen molar-refractivity contribution in [2.75, 3.05) is 6.54 Å². The topological polar surface area (TPSA) is 55.1 Å². The lowest BCUT2D eigenvalue weighted by Crippen LogP contribution is -2.34. The number of nitrogens with one attached hydrogen (secondary N) is 1. The van der Waals surface area contributed by atoms with Gasteiger partial charge in [-0.3, -0.25) is 4.79 Å². The SMILES string of the molecule is CC#CCNC(=O)[C@@H](N)c1ccccc1. The third kappa shape index (κ3) is 3.45. The van der Waals surface area contributed by atoms with Gasteiger partial charge in [0.05, 0.1) is 6.54 Å². The van der Waals surface area contributed by atoms with Gasteiger partial charge in [-0.1, -0.05) is 36.3 Å². The molecule has 3 heteroatoms. The van der Waals surface area contributed by atoms with Crippen LogP contribution < -0.4 is 11.1 Å². The standard InChI is InChI=1S/C12H14N2O/c1-2-3-9-14-12(15)11(13)10-7-5-4-6-8-10/h4-8,11H,9,13H2,1H3,(H,14,15)/t11-/m0/s1. The fraction of sp³-hybridized carbons (Fsp3) is 0.250. The Labute approximate surface area is 89.7 Å². The Morgan fingerprint density at radius 2 is 2.13 bits per heavy atom. The number of carbonyl (C=O) groups is 1. The zero-order valence-corrected chi connectivity index (χ0v) is 8.66. The van der Waals surface area contributed by atoms with E-state index in [1.807, 2.05) is 30.3 Å². The van der Waals surface area contributed by atoms with Gasteiger partial charge in [-0.15, -0.1) is 5.92 Å². The van der Waals surface area contributed by atoms with Crippen molar-refractivity contribution in [2.45, 2.75) is 13.0 Å². The minimum Gasteiger partial charge on any atom is -0.344 e. The van der Waals surface area contributed by atoms with E-state index in [-0.39, 0.29) is 5.91 Å². The average Bonchev–Trinajstić information content (AvgIpc) is 2.29. The molecule has 15 heavy (non-hydrogen) atoms. The van der Waals surface area contributed by atoms with E-state index in [0.717, 1.165) is 5.56 Å². The van der Waals surface area contributed by atoms with E-state index in [9.17, 15) is 4.79 Å². The van der Waals surface area contributed by atoms with Crippen LogP contribution in [0.1, 0.15) is 18.5 Å². The van der Waals surface area contributed by atoms with Crippen molar-refractivity contribution in [3.8, 4) is 11.8 Å². The molecule has 1 rings (SSSR count). The molecule has 3 N–H and O–H groups in total. The van der Waals surface area contributed by atoms with Crippen molar-refractivity contribution >= 4 is 5.91 Å². The molecule has 0 heterocycles. The largest absolute Gasteiger partial charge is 0.344 e. The zero-order chi connectivity index (χ0) is 11.1. The van der Waals surface area contributed by atoms with E-state index in [1.54, 1.807) is 6.92 Å². The van der Waals surface area contributed by atoms with Gasteiger partial charge in [-0.2, -0.15) is 0 Å². The summed E-state index contributed by atoms with van der Waals surface area (Å²) in [5.74, 6) is 5.24. The Morgan fingerprint density at radius 3 is 2.73 bits per heavy atom. The van der Waals surface area contributed by atoms with Crippen LogP contribution in [-0.2, 0) is 4.79 Å². The third-order valence-corrected chi connectivity index (χ3v) is 1.97. The van der Waals surface area contributed by atoms with Crippen LogP contribution in [0.15, 0.2) is 30.3 Å². The lowest BCUT2D eigenvalue weighted by Gasteiger charge is -2.10.